The Morgan fingerprint density at radius 3 is 2.40 bits per heavy atom. The molecule has 4 aromatic carbocycles. The van der Waals surface area contributed by atoms with Gasteiger partial charge in [-0.2, -0.15) is 0 Å². The number of hydrogen-bond donors (Lipinski definition) is 2. The first-order chi connectivity index (χ1) is 25.8. The fourth-order valence-corrected chi connectivity index (χ4v) is 7.36. The van der Waals surface area contributed by atoms with Crippen LogP contribution >= 0.6 is 11.8 Å². The third kappa shape index (κ3) is 8.86. The second kappa shape index (κ2) is 16.6. The quantitative estimate of drug-likeness (QED) is 0.109. The second-order valence-corrected chi connectivity index (χ2v) is 14.1. The van der Waals surface area contributed by atoms with E-state index in [1.807, 2.05) is 121 Å². The molecule has 12 heteroatoms. The molecule has 272 valence electrons. The molecule has 0 radical (unpaired) electrons. The molecule has 5 aromatic rings. The van der Waals surface area contributed by atoms with Crippen LogP contribution in [0.3, 0.4) is 0 Å². The molecule has 3 amide bonds. The molecule has 0 saturated carbocycles. The van der Waals surface area contributed by atoms with Crippen molar-refractivity contribution in [1.29, 1.82) is 0 Å². The van der Waals surface area contributed by atoms with Crippen LogP contribution in [-0.2, 0) is 50.6 Å². The summed E-state index contributed by atoms with van der Waals surface area (Å²) in [5.74, 6) is -0.115. The normalized spacial score (nSPS) is 20.1. The first kappa shape index (κ1) is 36.1. The highest BCUT2D eigenvalue weighted by Crippen LogP contribution is 2.40. The number of benzene rings is 4. The molecule has 4 atom stereocenters. The van der Waals surface area contributed by atoms with E-state index >= 15 is 0 Å². The van der Waals surface area contributed by atoms with E-state index in [0.29, 0.717) is 12.2 Å². The minimum atomic E-state index is -0.974. The van der Waals surface area contributed by atoms with E-state index in [2.05, 4.69) is 10.3 Å². The van der Waals surface area contributed by atoms with Crippen LogP contribution in [0.4, 0.5) is 4.79 Å². The van der Waals surface area contributed by atoms with Gasteiger partial charge in [-0.05, 0) is 39.4 Å². The Hall–Kier alpha value is -5.27. The predicted molar refractivity (Wildman–Crippen MR) is 198 cm³/mol. The Morgan fingerprint density at radius 2 is 1.66 bits per heavy atom. The van der Waals surface area contributed by atoms with Gasteiger partial charge in [-0.15, -0.1) is 0 Å². The minimum absolute atomic E-state index is 0.0178. The molecule has 11 nitrogen and oxygen atoms in total. The number of alkyl carbamates (subject to hydrolysis) is 1. The first-order valence-corrected chi connectivity index (χ1v) is 18.4. The number of hydrogen-bond acceptors (Lipinski definition) is 9. The van der Waals surface area contributed by atoms with E-state index in [4.69, 9.17) is 14.2 Å². The zero-order valence-corrected chi connectivity index (χ0v) is 30.0. The molecule has 1 aromatic heterocycles. The third-order valence-corrected chi connectivity index (χ3v) is 10.5. The highest BCUT2D eigenvalue weighted by molar-refractivity contribution is 7.99. The van der Waals surface area contributed by atoms with Crippen molar-refractivity contribution in [3.05, 3.63) is 143 Å². The van der Waals surface area contributed by atoms with Crippen LogP contribution in [0.2, 0.25) is 0 Å². The number of imide groups is 1. The lowest BCUT2D eigenvalue weighted by molar-refractivity contribution is -0.245. The fraction of sp³-hybridized carbons (Fsp3) is 0.268. The number of carbonyl (C=O) groups excluding carboxylic acids is 3. The Balaban J connectivity index is 1.000. The average Bonchev–Trinajstić information content (AvgIpc) is 3.73. The summed E-state index contributed by atoms with van der Waals surface area (Å²) in [6.45, 7) is 0.131. The van der Waals surface area contributed by atoms with E-state index in [1.54, 1.807) is 18.0 Å². The van der Waals surface area contributed by atoms with Gasteiger partial charge in [-0.1, -0.05) is 109 Å². The number of aliphatic hydroxyl groups excluding tert-OH is 1. The summed E-state index contributed by atoms with van der Waals surface area (Å²) in [7, 11) is 1.97. The number of nitrogens with zero attached hydrogens (tertiary/aromatic N) is 3. The third-order valence-electron chi connectivity index (χ3n) is 9.32. The average molecular weight is 733 g/mol. The molecule has 3 heterocycles. The standard InChI is InChI=1S/C41H40N4O7S/c1-44-19-18-42-40(44)53-26-34-21-36(31-12-10-27(24-46)11-13-31)52-39(51-34)32-16-14-30(15-17-32)33-9-5-8-29(20-33)23-45-37(47)22-35(38(45)48)43-41(49)50-25-28-6-3-2-4-7-28/h2-20,34-36,39,46H,21-26H2,1H3,(H,43,49). The van der Waals surface area contributed by atoms with Crippen molar-refractivity contribution in [1.82, 2.24) is 19.8 Å². The number of aliphatic hydroxyl groups is 1. The Kier molecular flexibility index (Phi) is 11.3. The summed E-state index contributed by atoms with van der Waals surface area (Å²) >= 11 is 1.65. The summed E-state index contributed by atoms with van der Waals surface area (Å²) in [5.41, 5.74) is 6.21. The van der Waals surface area contributed by atoms with Crippen LogP contribution in [0.5, 0.6) is 0 Å². The Labute approximate surface area is 311 Å². The van der Waals surface area contributed by atoms with E-state index < -0.39 is 24.3 Å². The maximum absolute atomic E-state index is 13.1. The van der Waals surface area contributed by atoms with Gasteiger partial charge in [-0.25, -0.2) is 9.78 Å². The van der Waals surface area contributed by atoms with Crippen molar-refractivity contribution in [2.75, 3.05) is 5.75 Å². The minimum Gasteiger partial charge on any atom is -0.445 e. The van der Waals surface area contributed by atoms with E-state index in [0.717, 1.165) is 44.1 Å². The number of ether oxygens (including phenoxy) is 3. The molecule has 4 unspecified atom stereocenters. The number of thioether (sulfide) groups is 1. The van der Waals surface area contributed by atoms with E-state index in [9.17, 15) is 19.5 Å². The molecule has 2 aliphatic heterocycles. The molecule has 7 rings (SSSR count). The van der Waals surface area contributed by atoms with Gasteiger partial charge < -0.3 is 29.2 Å². The van der Waals surface area contributed by atoms with Crippen LogP contribution in [0, 0.1) is 0 Å². The summed E-state index contributed by atoms with van der Waals surface area (Å²) in [6, 6.07) is 31.8. The summed E-state index contributed by atoms with van der Waals surface area (Å²) in [6.07, 6.45) is 2.62. The van der Waals surface area contributed by atoms with Crippen molar-refractivity contribution < 1.29 is 33.7 Å². The lowest BCUT2D eigenvalue weighted by atomic mass is 9.99. The summed E-state index contributed by atoms with van der Waals surface area (Å²) in [5, 5.41) is 13.0. The zero-order valence-electron chi connectivity index (χ0n) is 29.2. The lowest BCUT2D eigenvalue weighted by Gasteiger charge is -2.36. The molecular weight excluding hydrogens is 693 g/mol. The van der Waals surface area contributed by atoms with E-state index in [-0.39, 0.29) is 44.3 Å². The monoisotopic (exact) mass is 732 g/mol. The lowest BCUT2D eigenvalue weighted by Crippen LogP contribution is -2.41. The number of imidazole rings is 1. The predicted octanol–water partition coefficient (Wildman–Crippen LogP) is 6.47. The molecule has 0 bridgehead atoms. The van der Waals surface area contributed by atoms with Gasteiger partial charge in [0.15, 0.2) is 11.4 Å². The Bertz CT molecular complexity index is 2040. The van der Waals surface area contributed by atoms with Crippen LogP contribution in [0.25, 0.3) is 11.1 Å². The van der Waals surface area contributed by atoms with Crippen molar-refractivity contribution in [3.63, 3.8) is 0 Å². The highest BCUT2D eigenvalue weighted by atomic mass is 32.2. The topological polar surface area (TPSA) is 132 Å². The molecule has 2 N–H and O–H groups in total. The van der Waals surface area contributed by atoms with Crippen LogP contribution in [0.15, 0.2) is 121 Å². The van der Waals surface area contributed by atoms with Crippen LogP contribution in [0.1, 0.15) is 53.1 Å². The summed E-state index contributed by atoms with van der Waals surface area (Å²) < 4.78 is 20.3. The summed E-state index contributed by atoms with van der Waals surface area (Å²) in [4.78, 5) is 44.0. The number of likely N-dealkylation sites (tertiary alicyclic amines) is 1. The van der Waals surface area contributed by atoms with Gasteiger partial charge >= 0.3 is 6.09 Å². The zero-order chi connectivity index (χ0) is 36.7. The van der Waals surface area contributed by atoms with Gasteiger partial charge in [0, 0.05) is 37.2 Å². The molecule has 53 heavy (non-hydrogen) atoms. The van der Waals surface area contributed by atoms with Gasteiger partial charge in [-0.3, -0.25) is 14.5 Å². The fourth-order valence-electron chi connectivity index (χ4n) is 6.41. The molecule has 2 saturated heterocycles. The number of rotatable bonds is 12. The van der Waals surface area contributed by atoms with Crippen LogP contribution in [-0.4, -0.2) is 55.4 Å². The number of aryl methyl sites for hydroxylation is 1. The number of nitrogens with one attached hydrogen (secondary N) is 1. The maximum atomic E-state index is 13.1. The number of amides is 3. The highest BCUT2D eigenvalue weighted by Gasteiger charge is 2.40. The van der Waals surface area contributed by atoms with E-state index in [1.165, 1.54) is 4.90 Å². The largest absolute Gasteiger partial charge is 0.445 e. The van der Waals surface area contributed by atoms with Crippen molar-refractivity contribution in [3.8, 4) is 11.1 Å². The second-order valence-electron chi connectivity index (χ2n) is 13.1. The number of carbonyl (C=O) groups is 3. The van der Waals surface area contributed by atoms with Crippen molar-refractivity contribution >= 4 is 29.7 Å². The molecule has 2 aliphatic rings. The van der Waals surface area contributed by atoms with Gasteiger partial charge in [0.25, 0.3) is 5.91 Å². The first-order valence-electron chi connectivity index (χ1n) is 17.4. The molecular formula is C41H40N4O7S. The van der Waals surface area contributed by atoms with Crippen molar-refractivity contribution in [2.24, 2.45) is 7.05 Å². The van der Waals surface area contributed by atoms with Gasteiger partial charge in [0.05, 0.1) is 31.8 Å². The van der Waals surface area contributed by atoms with Gasteiger partial charge in [0.2, 0.25) is 5.91 Å². The SMILES string of the molecule is Cn1ccnc1SCC1CC(c2ccc(CO)cc2)OC(c2ccc(-c3cccc(CN4C(=O)CC(NC(=O)OCc5ccccc5)C4=O)c3)cc2)O1. The molecule has 0 spiro atoms. The smallest absolute Gasteiger partial charge is 0.408 e. The molecule has 0 aliphatic carbocycles. The maximum Gasteiger partial charge on any atom is 0.408 e. The van der Waals surface area contributed by atoms with Crippen molar-refractivity contribution in [2.45, 2.75) is 62.3 Å². The van der Waals surface area contributed by atoms with Crippen LogP contribution < -0.4 is 5.32 Å². The Morgan fingerprint density at radius 1 is 0.906 bits per heavy atom. The van der Waals surface area contributed by atoms with Gasteiger partial charge in [0.1, 0.15) is 12.6 Å². The number of aromatic nitrogens is 2. The molecule has 2 fully saturated rings.